The van der Waals surface area contributed by atoms with E-state index in [0.29, 0.717) is 11.3 Å². The van der Waals surface area contributed by atoms with Crippen LogP contribution in [0.5, 0.6) is 0 Å². The molecule has 0 radical (unpaired) electrons. The van der Waals surface area contributed by atoms with Gasteiger partial charge in [0.2, 0.25) is 0 Å². The van der Waals surface area contributed by atoms with E-state index in [1.807, 2.05) is 13.8 Å². The molecule has 0 saturated heterocycles. The highest BCUT2D eigenvalue weighted by atomic mass is 79.9. The molecule has 2 unspecified atom stereocenters. The second-order valence-corrected chi connectivity index (χ2v) is 6.64. The third kappa shape index (κ3) is 2.78. The van der Waals surface area contributed by atoms with Crippen LogP contribution in [0.25, 0.3) is 0 Å². The average molecular weight is 362 g/mol. The Labute approximate surface area is 131 Å². The Balaban J connectivity index is 2.51. The Kier molecular flexibility index (Phi) is 4.29. The second kappa shape index (κ2) is 5.55. The number of rotatable bonds is 2. The minimum atomic E-state index is -0.661. The van der Waals surface area contributed by atoms with Crippen LogP contribution >= 0.6 is 15.9 Å². The van der Waals surface area contributed by atoms with Gasteiger partial charge in [0.1, 0.15) is 17.7 Å². The van der Waals surface area contributed by atoms with Crippen LogP contribution in [-0.2, 0) is 9.53 Å². The van der Waals surface area contributed by atoms with Crippen molar-refractivity contribution in [3.63, 3.8) is 0 Å². The van der Waals surface area contributed by atoms with E-state index in [9.17, 15) is 13.6 Å². The van der Waals surface area contributed by atoms with E-state index in [1.54, 1.807) is 13.8 Å². The van der Waals surface area contributed by atoms with Gasteiger partial charge < -0.3 is 10.1 Å². The molecule has 0 bridgehead atoms. The third-order valence-electron chi connectivity index (χ3n) is 3.82. The molecular formula is C15H18BrF2NO2. The Morgan fingerprint density at radius 3 is 2.67 bits per heavy atom. The van der Waals surface area contributed by atoms with E-state index in [4.69, 9.17) is 4.74 Å². The van der Waals surface area contributed by atoms with Gasteiger partial charge in [-0.05, 0) is 35.8 Å². The zero-order valence-electron chi connectivity index (χ0n) is 12.4. The molecule has 1 aromatic rings. The van der Waals surface area contributed by atoms with Gasteiger partial charge in [0.05, 0.1) is 10.0 Å². The molecule has 1 N–H and O–H groups in total. The van der Waals surface area contributed by atoms with Crippen molar-refractivity contribution in [1.82, 2.24) is 0 Å². The number of nitrogens with one attached hydrogen (secondary N) is 1. The Bertz CT molecular complexity index is 590. The van der Waals surface area contributed by atoms with Crippen molar-refractivity contribution in [3.05, 3.63) is 27.7 Å². The topological polar surface area (TPSA) is 38.3 Å². The first kappa shape index (κ1) is 16.2. The van der Waals surface area contributed by atoms with Crippen molar-refractivity contribution in [2.75, 3.05) is 5.32 Å². The highest BCUT2D eigenvalue weighted by Crippen LogP contribution is 2.44. The smallest absolute Gasteiger partial charge is 0.305 e. The van der Waals surface area contributed by atoms with Crippen molar-refractivity contribution < 1.29 is 18.3 Å². The summed E-state index contributed by atoms with van der Waals surface area (Å²) < 4.78 is 33.3. The van der Waals surface area contributed by atoms with Gasteiger partial charge in [0.25, 0.3) is 0 Å². The minimum absolute atomic E-state index is 0.199. The number of esters is 1. The maximum atomic E-state index is 14.4. The summed E-state index contributed by atoms with van der Waals surface area (Å²) in [7, 11) is 0. The number of ether oxygens (including phenoxy) is 1. The Morgan fingerprint density at radius 1 is 1.48 bits per heavy atom. The summed E-state index contributed by atoms with van der Waals surface area (Å²) in [5.74, 6) is -2.04. The molecule has 0 aromatic heterocycles. The van der Waals surface area contributed by atoms with Gasteiger partial charge in [-0.25, -0.2) is 8.78 Å². The molecule has 0 fully saturated rings. The van der Waals surface area contributed by atoms with Gasteiger partial charge >= 0.3 is 5.97 Å². The number of carbonyl (C=O) groups excluding carboxylic acids is 1. The molecule has 1 aromatic carbocycles. The first-order valence-corrected chi connectivity index (χ1v) is 7.63. The summed E-state index contributed by atoms with van der Waals surface area (Å²) in [6.45, 7) is 7.18. The fourth-order valence-electron chi connectivity index (χ4n) is 2.83. The molecule has 116 valence electrons. The lowest BCUT2D eigenvalue weighted by molar-refractivity contribution is -0.152. The molecule has 0 aliphatic carbocycles. The lowest BCUT2D eigenvalue weighted by Crippen LogP contribution is -2.52. The number of carbonyl (C=O) groups is 1. The largest absolute Gasteiger partial charge is 0.459 e. The second-order valence-electron chi connectivity index (χ2n) is 5.85. The van der Waals surface area contributed by atoms with E-state index in [2.05, 4.69) is 21.2 Å². The standard InChI is InChI=1S/C15H18BrF2NO2/c1-5-10(20)21-14-7(2)11-9(19-15(14,3)4)6-8(17)12(16)13(11)18/h6-7,14,19H,5H2,1-4H3. The normalized spacial score (nSPS) is 23.2. The zero-order chi connectivity index (χ0) is 15.9. The number of hydrogen-bond acceptors (Lipinski definition) is 3. The monoisotopic (exact) mass is 361 g/mol. The number of hydrogen-bond donors (Lipinski definition) is 1. The van der Waals surface area contributed by atoms with Crippen molar-refractivity contribution in [1.29, 1.82) is 0 Å². The lowest BCUT2D eigenvalue weighted by atomic mass is 9.78. The molecule has 21 heavy (non-hydrogen) atoms. The van der Waals surface area contributed by atoms with Gasteiger partial charge in [-0.15, -0.1) is 0 Å². The van der Waals surface area contributed by atoms with Crippen LogP contribution in [0.4, 0.5) is 14.5 Å². The summed E-state index contributed by atoms with van der Waals surface area (Å²) in [5, 5.41) is 3.08. The summed E-state index contributed by atoms with van der Waals surface area (Å²) in [6.07, 6.45) is -0.286. The molecule has 1 aliphatic heterocycles. The summed E-state index contributed by atoms with van der Waals surface area (Å²) in [6, 6.07) is 1.26. The highest BCUT2D eigenvalue weighted by molar-refractivity contribution is 9.10. The summed E-state index contributed by atoms with van der Waals surface area (Å²) in [5.41, 5.74) is 0.107. The minimum Gasteiger partial charge on any atom is -0.459 e. The van der Waals surface area contributed by atoms with Crippen LogP contribution < -0.4 is 5.32 Å². The number of fused-ring (bicyclic) bond motifs is 1. The average Bonchev–Trinajstić information content (AvgIpc) is 2.39. The van der Waals surface area contributed by atoms with Gasteiger partial charge in [-0.3, -0.25) is 4.79 Å². The predicted molar refractivity (Wildman–Crippen MR) is 80.3 cm³/mol. The van der Waals surface area contributed by atoms with Crippen LogP contribution in [0.15, 0.2) is 10.5 Å². The van der Waals surface area contributed by atoms with E-state index in [1.165, 1.54) is 6.07 Å². The Morgan fingerprint density at radius 2 is 2.10 bits per heavy atom. The molecule has 6 heteroatoms. The van der Waals surface area contributed by atoms with Crippen molar-refractivity contribution in [2.24, 2.45) is 0 Å². The van der Waals surface area contributed by atoms with E-state index < -0.39 is 23.3 Å². The third-order valence-corrected chi connectivity index (χ3v) is 4.55. The number of anilines is 1. The number of halogens is 3. The molecule has 1 heterocycles. The van der Waals surface area contributed by atoms with Crippen molar-refractivity contribution >= 4 is 27.6 Å². The fraction of sp³-hybridized carbons (Fsp3) is 0.533. The van der Waals surface area contributed by atoms with Crippen LogP contribution in [0.2, 0.25) is 0 Å². The van der Waals surface area contributed by atoms with E-state index in [-0.39, 0.29) is 22.8 Å². The van der Waals surface area contributed by atoms with Crippen LogP contribution in [0.1, 0.15) is 45.6 Å². The number of benzene rings is 1. The molecular weight excluding hydrogens is 344 g/mol. The van der Waals surface area contributed by atoms with Crippen LogP contribution in [0.3, 0.4) is 0 Å². The van der Waals surface area contributed by atoms with Gasteiger partial charge in [-0.1, -0.05) is 13.8 Å². The molecule has 0 saturated carbocycles. The molecule has 2 atom stereocenters. The summed E-state index contributed by atoms with van der Waals surface area (Å²) in [4.78, 5) is 11.6. The fourth-order valence-corrected chi connectivity index (χ4v) is 3.15. The SMILES string of the molecule is CCC(=O)OC1C(C)c2c(cc(F)c(Br)c2F)NC1(C)C. The quantitative estimate of drug-likeness (QED) is 0.628. The van der Waals surface area contributed by atoms with Gasteiger partial charge in [-0.2, -0.15) is 0 Å². The van der Waals surface area contributed by atoms with Crippen molar-refractivity contribution in [3.8, 4) is 0 Å². The van der Waals surface area contributed by atoms with E-state index in [0.717, 1.165) is 0 Å². The summed E-state index contributed by atoms with van der Waals surface area (Å²) >= 11 is 2.91. The predicted octanol–water partition coefficient (Wildman–Crippen LogP) is 4.36. The first-order valence-electron chi connectivity index (χ1n) is 6.84. The van der Waals surface area contributed by atoms with Crippen molar-refractivity contribution in [2.45, 2.75) is 51.7 Å². The molecule has 0 spiro atoms. The highest BCUT2D eigenvalue weighted by Gasteiger charge is 2.44. The molecule has 2 rings (SSSR count). The lowest BCUT2D eigenvalue weighted by Gasteiger charge is -2.44. The first-order chi connectivity index (χ1) is 9.69. The van der Waals surface area contributed by atoms with Gasteiger partial charge in [0, 0.05) is 23.6 Å². The Hall–Kier alpha value is -1.17. The molecule has 0 amide bonds. The molecule has 1 aliphatic rings. The van der Waals surface area contributed by atoms with Gasteiger partial charge in [0.15, 0.2) is 0 Å². The maximum Gasteiger partial charge on any atom is 0.305 e. The molecule has 3 nitrogen and oxygen atoms in total. The van der Waals surface area contributed by atoms with E-state index >= 15 is 0 Å². The van der Waals surface area contributed by atoms with Crippen LogP contribution in [0, 0.1) is 11.6 Å². The van der Waals surface area contributed by atoms with Crippen LogP contribution in [-0.4, -0.2) is 17.6 Å². The maximum absolute atomic E-state index is 14.4. The zero-order valence-corrected chi connectivity index (χ0v) is 14.0.